The Morgan fingerprint density at radius 1 is 1.24 bits per heavy atom. The highest BCUT2D eigenvalue weighted by molar-refractivity contribution is 5.91. The first-order valence-corrected chi connectivity index (χ1v) is 10.2. The molecule has 0 aliphatic carbocycles. The molecule has 2 heterocycles. The summed E-state index contributed by atoms with van der Waals surface area (Å²) in [6.07, 6.45) is 2.28. The number of likely N-dealkylation sites (tertiary alicyclic amines) is 1. The normalized spacial score (nSPS) is 19.0. The lowest BCUT2D eigenvalue weighted by molar-refractivity contribution is -0.137. The second-order valence-corrected chi connectivity index (χ2v) is 7.48. The maximum atomic E-state index is 14.0. The van der Waals surface area contributed by atoms with Gasteiger partial charge in [-0.05, 0) is 18.4 Å². The quantitative estimate of drug-likeness (QED) is 0.737. The first-order valence-electron chi connectivity index (χ1n) is 10.2. The van der Waals surface area contributed by atoms with E-state index < -0.39 is 6.17 Å². The molecule has 0 radical (unpaired) electrons. The van der Waals surface area contributed by atoms with E-state index in [-0.39, 0.29) is 42.4 Å². The number of nitrogens with one attached hydrogen (secondary N) is 1. The average molecular weight is 401 g/mol. The fraction of sp³-hybridized carbons (Fsp3) is 0.524. The summed E-state index contributed by atoms with van der Waals surface area (Å²) >= 11 is 0. The number of nitrogens with zero attached hydrogens (tertiary/aromatic N) is 4. The molecule has 3 rings (SSSR count). The summed E-state index contributed by atoms with van der Waals surface area (Å²) in [5.74, 6) is -0.404. The van der Waals surface area contributed by atoms with Gasteiger partial charge in [-0.1, -0.05) is 49.4 Å². The summed E-state index contributed by atoms with van der Waals surface area (Å²) in [5.41, 5.74) is 1.19. The Hall–Kier alpha value is -2.77. The predicted octanol–water partition coefficient (Wildman–Crippen LogP) is 2.58. The lowest BCUT2D eigenvalue weighted by Gasteiger charge is -2.27. The van der Waals surface area contributed by atoms with Gasteiger partial charge in [-0.25, -0.2) is 9.07 Å². The van der Waals surface area contributed by atoms with Crippen molar-refractivity contribution < 1.29 is 14.0 Å². The minimum Gasteiger partial charge on any atom is -0.347 e. The van der Waals surface area contributed by atoms with E-state index in [4.69, 9.17) is 0 Å². The second-order valence-electron chi connectivity index (χ2n) is 7.48. The largest absolute Gasteiger partial charge is 0.347 e. The molecular formula is C21H28FN5O2. The molecule has 2 amide bonds. The number of benzene rings is 1. The molecule has 0 bridgehead atoms. The van der Waals surface area contributed by atoms with Crippen molar-refractivity contribution in [3.05, 3.63) is 47.8 Å². The first-order chi connectivity index (χ1) is 14.0. The van der Waals surface area contributed by atoms with Crippen molar-refractivity contribution in [1.29, 1.82) is 0 Å². The number of hydrogen-bond acceptors (Lipinski definition) is 4. The summed E-state index contributed by atoms with van der Waals surface area (Å²) < 4.78 is 15.6. The van der Waals surface area contributed by atoms with E-state index in [0.29, 0.717) is 13.1 Å². The van der Waals surface area contributed by atoms with Crippen LogP contribution in [0.25, 0.3) is 0 Å². The van der Waals surface area contributed by atoms with Crippen molar-refractivity contribution in [3.8, 4) is 0 Å². The van der Waals surface area contributed by atoms with Gasteiger partial charge in [-0.2, -0.15) is 0 Å². The molecule has 1 saturated heterocycles. The topological polar surface area (TPSA) is 80.1 Å². The lowest BCUT2D eigenvalue weighted by Crippen LogP contribution is -2.41. The van der Waals surface area contributed by atoms with Crippen LogP contribution in [0.5, 0.6) is 0 Å². The van der Waals surface area contributed by atoms with Gasteiger partial charge in [0.25, 0.3) is 5.91 Å². The van der Waals surface area contributed by atoms with Crippen LogP contribution < -0.4 is 5.32 Å². The number of halogens is 1. The Kier molecular flexibility index (Phi) is 6.95. The van der Waals surface area contributed by atoms with Crippen LogP contribution in [-0.4, -0.2) is 50.5 Å². The molecule has 2 atom stereocenters. The molecule has 1 aliphatic rings. The molecule has 2 unspecified atom stereocenters. The van der Waals surface area contributed by atoms with Crippen molar-refractivity contribution in [2.75, 3.05) is 6.54 Å². The van der Waals surface area contributed by atoms with Gasteiger partial charge in [0, 0.05) is 18.9 Å². The lowest BCUT2D eigenvalue weighted by atomic mass is 10.0. The molecule has 7 nitrogen and oxygen atoms in total. The van der Waals surface area contributed by atoms with Crippen molar-refractivity contribution in [3.63, 3.8) is 0 Å². The summed E-state index contributed by atoms with van der Waals surface area (Å²) in [4.78, 5) is 26.7. The van der Waals surface area contributed by atoms with Gasteiger partial charge in [0.05, 0.1) is 25.3 Å². The monoisotopic (exact) mass is 401 g/mol. The zero-order valence-corrected chi connectivity index (χ0v) is 16.9. The molecule has 1 N–H and O–H groups in total. The average Bonchev–Trinajstić information content (AvgIpc) is 3.34. The Bertz CT molecular complexity index is 821. The highest BCUT2D eigenvalue weighted by Crippen LogP contribution is 2.25. The maximum absolute atomic E-state index is 14.0. The number of amides is 2. The van der Waals surface area contributed by atoms with Crippen LogP contribution in [0.1, 0.15) is 49.2 Å². The smallest absolute Gasteiger partial charge is 0.273 e. The zero-order valence-electron chi connectivity index (χ0n) is 16.9. The third kappa shape index (κ3) is 5.19. The third-order valence-electron chi connectivity index (χ3n) is 5.45. The van der Waals surface area contributed by atoms with Crippen LogP contribution in [-0.2, 0) is 17.9 Å². The van der Waals surface area contributed by atoms with Crippen LogP contribution in [0.15, 0.2) is 36.5 Å². The molecule has 8 heteroatoms. The van der Waals surface area contributed by atoms with Crippen LogP contribution >= 0.6 is 0 Å². The minimum absolute atomic E-state index is 0.00101. The minimum atomic E-state index is -1.03. The van der Waals surface area contributed by atoms with E-state index >= 15 is 0 Å². The van der Waals surface area contributed by atoms with Crippen molar-refractivity contribution in [2.24, 2.45) is 5.92 Å². The molecule has 1 aromatic carbocycles. The first kappa shape index (κ1) is 21.0. The molecule has 1 fully saturated rings. The molecule has 0 spiro atoms. The standard InChI is InChI=1S/C21H28FN5O2/c1-3-16(4-2)21(29)27-12-17(22)10-18(27)13-26-14-19(24-25-26)20(28)23-11-15-8-6-5-7-9-15/h5-9,14,16-18H,3-4,10-13H2,1-2H3,(H,23,28). The number of carbonyl (C=O) groups is 2. The van der Waals surface area contributed by atoms with Gasteiger partial charge in [-0.15, -0.1) is 5.10 Å². The van der Waals surface area contributed by atoms with Crippen LogP contribution in [0.3, 0.4) is 0 Å². The van der Waals surface area contributed by atoms with Crippen molar-refractivity contribution in [2.45, 2.75) is 58.4 Å². The number of alkyl halides is 1. The van der Waals surface area contributed by atoms with Crippen molar-refractivity contribution >= 4 is 11.8 Å². The SMILES string of the molecule is CCC(CC)C(=O)N1CC(F)CC1Cn1cc(C(=O)NCc2ccccc2)nn1. The maximum Gasteiger partial charge on any atom is 0.273 e. The summed E-state index contributed by atoms with van der Waals surface area (Å²) in [6.45, 7) is 4.80. The Balaban J connectivity index is 1.60. The summed E-state index contributed by atoms with van der Waals surface area (Å²) in [5, 5.41) is 10.7. The fourth-order valence-corrected chi connectivity index (χ4v) is 3.75. The van der Waals surface area contributed by atoms with E-state index in [1.54, 1.807) is 11.1 Å². The van der Waals surface area contributed by atoms with Gasteiger partial charge in [0.15, 0.2) is 5.69 Å². The highest BCUT2D eigenvalue weighted by Gasteiger charge is 2.37. The van der Waals surface area contributed by atoms with E-state index in [1.165, 1.54) is 4.68 Å². The molecular weight excluding hydrogens is 373 g/mol. The predicted molar refractivity (Wildman–Crippen MR) is 107 cm³/mol. The molecule has 1 aromatic heterocycles. The van der Waals surface area contributed by atoms with E-state index in [2.05, 4.69) is 15.6 Å². The molecule has 2 aromatic rings. The highest BCUT2D eigenvalue weighted by atomic mass is 19.1. The van der Waals surface area contributed by atoms with E-state index in [0.717, 1.165) is 18.4 Å². The molecule has 0 saturated carbocycles. The summed E-state index contributed by atoms with van der Waals surface area (Å²) in [7, 11) is 0. The number of aromatic nitrogens is 3. The van der Waals surface area contributed by atoms with Crippen LogP contribution in [0.4, 0.5) is 4.39 Å². The Morgan fingerprint density at radius 3 is 2.66 bits per heavy atom. The van der Waals surface area contributed by atoms with Gasteiger partial charge < -0.3 is 10.2 Å². The third-order valence-corrected chi connectivity index (χ3v) is 5.45. The molecule has 1 aliphatic heterocycles. The van der Waals surface area contributed by atoms with E-state index in [9.17, 15) is 14.0 Å². The van der Waals surface area contributed by atoms with Gasteiger partial charge in [0.1, 0.15) is 6.17 Å². The Labute approximate surface area is 170 Å². The van der Waals surface area contributed by atoms with Crippen LogP contribution in [0, 0.1) is 5.92 Å². The number of hydrogen-bond donors (Lipinski definition) is 1. The van der Waals surface area contributed by atoms with Gasteiger partial charge in [0.2, 0.25) is 5.91 Å². The molecule has 29 heavy (non-hydrogen) atoms. The van der Waals surface area contributed by atoms with Crippen molar-refractivity contribution in [1.82, 2.24) is 25.2 Å². The zero-order chi connectivity index (χ0) is 20.8. The van der Waals surface area contributed by atoms with E-state index in [1.807, 2.05) is 44.2 Å². The fourth-order valence-electron chi connectivity index (χ4n) is 3.75. The number of rotatable bonds is 8. The number of carbonyl (C=O) groups excluding carboxylic acids is 2. The van der Waals surface area contributed by atoms with Gasteiger partial charge in [-0.3, -0.25) is 9.59 Å². The second kappa shape index (κ2) is 9.62. The summed E-state index contributed by atoms with van der Waals surface area (Å²) in [6, 6.07) is 9.31. The molecule has 156 valence electrons. The van der Waals surface area contributed by atoms with Crippen LogP contribution in [0.2, 0.25) is 0 Å². The Morgan fingerprint density at radius 2 is 1.97 bits per heavy atom. The van der Waals surface area contributed by atoms with Gasteiger partial charge >= 0.3 is 0 Å².